The fourth-order valence-electron chi connectivity index (χ4n) is 5.28. The number of primary amides is 1. The number of nitrogens with two attached hydrogens (primary N) is 1. The Morgan fingerprint density at radius 1 is 0.816 bits per heavy atom. The van der Waals surface area contributed by atoms with Gasteiger partial charge in [0, 0.05) is 19.4 Å². The highest BCUT2D eigenvalue weighted by atomic mass is 16.6. The summed E-state index contributed by atoms with van der Waals surface area (Å²) in [4.78, 5) is 69.0. The van der Waals surface area contributed by atoms with E-state index >= 15 is 0 Å². The molecule has 0 aromatic heterocycles. The minimum absolute atomic E-state index is 0.104. The van der Waals surface area contributed by atoms with E-state index in [9.17, 15) is 24.0 Å². The quantitative estimate of drug-likeness (QED) is 0.154. The first-order valence-corrected chi connectivity index (χ1v) is 17.0. The molecule has 2 aromatic carbocycles. The molecule has 49 heavy (non-hydrogen) atoms. The Kier molecular flexibility index (Phi) is 15.3. The molecule has 0 aliphatic carbocycles. The Hall–Kier alpha value is -4.41. The van der Waals surface area contributed by atoms with Gasteiger partial charge < -0.3 is 30.7 Å². The van der Waals surface area contributed by atoms with E-state index in [2.05, 4.69) is 10.6 Å². The lowest BCUT2D eigenvalue weighted by Gasteiger charge is -2.36. The van der Waals surface area contributed by atoms with Crippen molar-refractivity contribution in [2.75, 3.05) is 6.54 Å². The lowest BCUT2D eigenvalue weighted by atomic mass is 9.94. The predicted molar refractivity (Wildman–Crippen MR) is 189 cm³/mol. The van der Waals surface area contributed by atoms with Gasteiger partial charge in [-0.25, -0.2) is 9.59 Å². The number of alkyl carbamates (subject to hydrolysis) is 1. The number of benzene rings is 2. The normalized spacial score (nSPS) is 13.4. The molecule has 4 amide bonds. The Labute approximate surface area is 291 Å². The Morgan fingerprint density at radius 2 is 1.45 bits per heavy atom. The first-order chi connectivity index (χ1) is 22.8. The third-order valence-electron chi connectivity index (χ3n) is 7.75. The monoisotopic (exact) mass is 680 g/mol. The van der Waals surface area contributed by atoms with Gasteiger partial charge in [0.1, 0.15) is 29.3 Å². The molecule has 0 saturated carbocycles. The summed E-state index contributed by atoms with van der Waals surface area (Å²) in [7, 11) is 0. The smallest absolute Gasteiger partial charge is 0.408 e. The SMILES string of the molecule is CCCCCN(C(=O)C(CCC(N)=O)NC(=O)OC(C)(C)C)C(C(=O)NC(Cc1ccccc1)C(=O)OC(C)(C)C)c1cccc(C)c1C. The number of esters is 1. The lowest BCUT2D eigenvalue weighted by molar-refractivity contribution is -0.159. The first-order valence-electron chi connectivity index (χ1n) is 17.0. The Bertz CT molecular complexity index is 1430. The molecular weight excluding hydrogens is 624 g/mol. The van der Waals surface area contributed by atoms with E-state index in [0.29, 0.717) is 12.0 Å². The van der Waals surface area contributed by atoms with Gasteiger partial charge in [0.15, 0.2) is 0 Å². The van der Waals surface area contributed by atoms with Crippen LogP contribution in [0.5, 0.6) is 0 Å². The van der Waals surface area contributed by atoms with Gasteiger partial charge in [-0.15, -0.1) is 0 Å². The van der Waals surface area contributed by atoms with Crippen molar-refractivity contribution in [2.45, 2.75) is 130 Å². The molecule has 0 saturated heterocycles. The van der Waals surface area contributed by atoms with Crippen molar-refractivity contribution in [1.82, 2.24) is 15.5 Å². The maximum Gasteiger partial charge on any atom is 0.408 e. The summed E-state index contributed by atoms with van der Waals surface area (Å²) in [5.74, 6) is -2.43. The van der Waals surface area contributed by atoms with Crippen LogP contribution in [0.25, 0.3) is 0 Å². The van der Waals surface area contributed by atoms with Crippen LogP contribution in [0.15, 0.2) is 48.5 Å². The van der Waals surface area contributed by atoms with Crippen molar-refractivity contribution < 1.29 is 33.4 Å². The number of nitrogens with one attached hydrogen (secondary N) is 2. The number of ether oxygens (including phenoxy) is 2. The second-order valence-electron chi connectivity index (χ2n) is 14.4. The summed E-state index contributed by atoms with van der Waals surface area (Å²) in [5, 5.41) is 5.55. The summed E-state index contributed by atoms with van der Waals surface area (Å²) in [5.41, 5.74) is 6.87. The van der Waals surface area contributed by atoms with E-state index in [4.69, 9.17) is 15.2 Å². The van der Waals surface area contributed by atoms with Gasteiger partial charge in [-0.05, 0) is 90.5 Å². The Morgan fingerprint density at radius 3 is 2.02 bits per heavy atom. The van der Waals surface area contributed by atoms with Crippen molar-refractivity contribution in [3.05, 3.63) is 70.8 Å². The molecule has 270 valence electrons. The van der Waals surface area contributed by atoms with Gasteiger partial charge in [-0.1, -0.05) is 68.3 Å². The van der Waals surface area contributed by atoms with Gasteiger partial charge in [0.25, 0.3) is 0 Å². The molecule has 11 heteroatoms. The third-order valence-corrected chi connectivity index (χ3v) is 7.75. The fraction of sp³-hybridized carbons (Fsp3) is 0.553. The number of carbonyl (C=O) groups excluding carboxylic acids is 5. The van der Waals surface area contributed by atoms with Crippen molar-refractivity contribution in [1.29, 1.82) is 0 Å². The molecule has 3 unspecified atom stereocenters. The molecule has 0 aliphatic rings. The molecule has 0 fully saturated rings. The fourth-order valence-corrected chi connectivity index (χ4v) is 5.28. The van der Waals surface area contributed by atoms with Gasteiger partial charge in [-0.3, -0.25) is 14.4 Å². The number of hydrogen-bond acceptors (Lipinski definition) is 7. The number of aryl methyl sites for hydroxylation is 1. The van der Waals surface area contributed by atoms with E-state index in [1.54, 1.807) is 47.6 Å². The zero-order valence-corrected chi connectivity index (χ0v) is 30.7. The molecule has 2 aromatic rings. The first kappa shape index (κ1) is 40.8. The van der Waals surface area contributed by atoms with E-state index in [1.807, 2.05) is 63.2 Å². The second-order valence-corrected chi connectivity index (χ2v) is 14.4. The highest BCUT2D eigenvalue weighted by Crippen LogP contribution is 2.29. The van der Waals surface area contributed by atoms with Gasteiger partial charge >= 0.3 is 12.1 Å². The number of unbranched alkanes of at least 4 members (excludes halogenated alkanes) is 2. The standard InChI is InChI=1S/C38H56N4O7/c1-10-11-15-23-42(34(45)29(21-22-31(39)43)41-36(47)49-38(7,8)9)32(28-20-16-17-25(2)26(28)3)33(44)40-30(35(46)48-37(4,5)6)24-27-18-13-12-14-19-27/h12-14,16-20,29-30,32H,10-11,15,21-24H2,1-9H3,(H2,39,43)(H,40,44)(H,41,47). The number of nitrogens with zero attached hydrogens (tertiary/aromatic N) is 1. The zero-order valence-electron chi connectivity index (χ0n) is 30.7. The summed E-state index contributed by atoms with van der Waals surface area (Å²) in [6, 6.07) is 11.3. The minimum Gasteiger partial charge on any atom is -0.458 e. The van der Waals surface area contributed by atoms with E-state index in [0.717, 1.165) is 29.5 Å². The molecule has 0 aliphatic heterocycles. The van der Waals surface area contributed by atoms with Crippen molar-refractivity contribution in [3.8, 4) is 0 Å². The van der Waals surface area contributed by atoms with Crippen LogP contribution >= 0.6 is 0 Å². The van der Waals surface area contributed by atoms with Crippen LogP contribution in [0, 0.1) is 13.8 Å². The average Bonchev–Trinajstić information content (AvgIpc) is 2.98. The summed E-state index contributed by atoms with van der Waals surface area (Å²) in [6.45, 7) is 16.3. The molecule has 0 heterocycles. The zero-order chi connectivity index (χ0) is 36.9. The third kappa shape index (κ3) is 13.9. The molecule has 4 N–H and O–H groups in total. The van der Waals surface area contributed by atoms with Crippen LogP contribution in [-0.2, 0) is 35.1 Å². The molecule has 3 atom stereocenters. The molecular formula is C38H56N4O7. The maximum absolute atomic E-state index is 14.7. The van der Waals surface area contributed by atoms with E-state index < -0.39 is 59.1 Å². The highest BCUT2D eigenvalue weighted by molar-refractivity contribution is 5.94. The van der Waals surface area contributed by atoms with Crippen molar-refractivity contribution in [3.63, 3.8) is 0 Å². The molecule has 0 spiro atoms. The average molecular weight is 681 g/mol. The minimum atomic E-state index is -1.23. The van der Waals surface area contributed by atoms with Crippen molar-refractivity contribution in [2.24, 2.45) is 5.73 Å². The largest absolute Gasteiger partial charge is 0.458 e. The molecule has 11 nitrogen and oxygen atoms in total. The van der Waals surface area contributed by atoms with Crippen LogP contribution in [0.1, 0.15) is 109 Å². The number of carbonyl (C=O) groups is 5. The molecule has 0 bridgehead atoms. The maximum atomic E-state index is 14.7. The second kappa shape index (κ2) is 18.4. The van der Waals surface area contributed by atoms with E-state index in [1.165, 1.54) is 4.90 Å². The number of amides is 4. The van der Waals surface area contributed by atoms with Crippen LogP contribution in [-0.4, -0.2) is 64.5 Å². The van der Waals surface area contributed by atoms with E-state index in [-0.39, 0.29) is 25.8 Å². The van der Waals surface area contributed by atoms with Crippen LogP contribution in [0.3, 0.4) is 0 Å². The highest BCUT2D eigenvalue weighted by Gasteiger charge is 2.39. The van der Waals surface area contributed by atoms with Gasteiger partial charge in [-0.2, -0.15) is 0 Å². The van der Waals surface area contributed by atoms with Crippen LogP contribution < -0.4 is 16.4 Å². The summed E-state index contributed by atoms with van der Waals surface area (Å²) >= 11 is 0. The lowest BCUT2D eigenvalue weighted by Crippen LogP contribution is -2.55. The topological polar surface area (TPSA) is 157 Å². The predicted octanol–water partition coefficient (Wildman–Crippen LogP) is 5.59. The van der Waals surface area contributed by atoms with Gasteiger partial charge in [0.2, 0.25) is 17.7 Å². The molecule has 0 radical (unpaired) electrons. The van der Waals surface area contributed by atoms with Gasteiger partial charge in [0.05, 0.1) is 0 Å². The number of hydrogen-bond donors (Lipinski definition) is 3. The van der Waals surface area contributed by atoms with Crippen LogP contribution in [0.2, 0.25) is 0 Å². The number of rotatable bonds is 16. The molecule has 2 rings (SSSR count). The van der Waals surface area contributed by atoms with Crippen molar-refractivity contribution >= 4 is 29.8 Å². The summed E-state index contributed by atoms with van der Waals surface area (Å²) in [6.07, 6.45) is 1.20. The van der Waals surface area contributed by atoms with Crippen LogP contribution in [0.4, 0.5) is 4.79 Å². The summed E-state index contributed by atoms with van der Waals surface area (Å²) < 4.78 is 11.2. The Balaban J connectivity index is 2.69.